The zero-order chi connectivity index (χ0) is 16.3. The molecule has 2 saturated heterocycles. The molecule has 4 aliphatic rings. The number of rotatable bonds is 4. The lowest BCUT2D eigenvalue weighted by Gasteiger charge is -2.32. The van der Waals surface area contributed by atoms with Crippen LogP contribution in [-0.2, 0) is 0 Å². The van der Waals surface area contributed by atoms with E-state index < -0.39 is 0 Å². The Morgan fingerprint density at radius 1 is 0.792 bits per heavy atom. The lowest BCUT2D eigenvalue weighted by atomic mass is 9.96. The number of likely N-dealkylation sites (tertiary alicyclic amines) is 1. The second-order valence-corrected chi connectivity index (χ2v) is 8.69. The highest BCUT2D eigenvalue weighted by Crippen LogP contribution is 2.29. The second-order valence-electron chi connectivity index (χ2n) is 8.69. The average Bonchev–Trinajstić information content (AvgIpc) is 3.04. The van der Waals surface area contributed by atoms with E-state index >= 15 is 0 Å². The Hall–Kier alpha value is -0.0800. The summed E-state index contributed by atoms with van der Waals surface area (Å²) in [6.45, 7) is 11.4. The van der Waals surface area contributed by atoms with Crippen molar-refractivity contribution in [2.75, 3.05) is 32.7 Å². The molecule has 4 rings (SSSR count). The molecule has 0 aromatic heterocycles. The number of hydrogen-bond donors (Lipinski definition) is 1. The van der Waals surface area contributed by atoms with Gasteiger partial charge in [0, 0.05) is 6.54 Å². The largest absolute Gasteiger partial charge is 0.317 e. The van der Waals surface area contributed by atoms with Crippen LogP contribution >= 0.6 is 0 Å². The Morgan fingerprint density at radius 3 is 1.58 bits per heavy atom. The van der Waals surface area contributed by atoms with Gasteiger partial charge in [-0.3, -0.25) is 0 Å². The van der Waals surface area contributed by atoms with Gasteiger partial charge in [0.1, 0.15) is 0 Å². The van der Waals surface area contributed by atoms with E-state index in [4.69, 9.17) is 0 Å². The predicted molar refractivity (Wildman–Crippen MR) is 109 cm³/mol. The summed E-state index contributed by atoms with van der Waals surface area (Å²) in [5.74, 6) is 3.08. The van der Waals surface area contributed by atoms with Gasteiger partial charge < -0.3 is 10.2 Å². The molecule has 144 valence electrons. The molecule has 2 nitrogen and oxygen atoms in total. The summed E-state index contributed by atoms with van der Waals surface area (Å²) >= 11 is 0. The van der Waals surface area contributed by atoms with Crippen molar-refractivity contribution in [3.05, 3.63) is 0 Å². The normalized spacial score (nSPS) is 24.1. The summed E-state index contributed by atoms with van der Waals surface area (Å²) < 4.78 is 0. The van der Waals surface area contributed by atoms with Crippen molar-refractivity contribution in [3.63, 3.8) is 0 Å². The first kappa shape index (κ1) is 22.0. The van der Waals surface area contributed by atoms with Gasteiger partial charge in [-0.05, 0) is 76.0 Å². The molecule has 2 heterocycles. The molecule has 0 amide bonds. The van der Waals surface area contributed by atoms with Gasteiger partial charge >= 0.3 is 0 Å². The van der Waals surface area contributed by atoms with E-state index in [1.807, 2.05) is 0 Å². The summed E-state index contributed by atoms with van der Waals surface area (Å²) in [4.78, 5) is 2.61. The number of nitrogens with one attached hydrogen (secondary N) is 1. The molecule has 0 bridgehead atoms. The van der Waals surface area contributed by atoms with Crippen LogP contribution in [0, 0.1) is 17.8 Å². The Morgan fingerprint density at radius 2 is 1.25 bits per heavy atom. The van der Waals surface area contributed by atoms with E-state index in [-0.39, 0.29) is 7.43 Å². The minimum absolute atomic E-state index is 0. The highest BCUT2D eigenvalue weighted by atomic mass is 15.2. The van der Waals surface area contributed by atoms with Crippen molar-refractivity contribution in [3.8, 4) is 0 Å². The van der Waals surface area contributed by atoms with Crippen LogP contribution in [0.3, 0.4) is 0 Å². The molecule has 24 heavy (non-hydrogen) atoms. The molecule has 0 unspecified atom stereocenters. The van der Waals surface area contributed by atoms with E-state index in [0.29, 0.717) is 0 Å². The molecule has 4 fully saturated rings. The van der Waals surface area contributed by atoms with Gasteiger partial charge in [-0.2, -0.15) is 0 Å². The van der Waals surface area contributed by atoms with E-state index in [1.54, 1.807) is 0 Å². The number of nitrogens with zero attached hydrogens (tertiary/aromatic N) is 1. The SMILES string of the molecule is C.C1CCC(CN2CCC2)C1.C1CNC1.CC(C)CC1CCCC1. The van der Waals surface area contributed by atoms with E-state index in [2.05, 4.69) is 24.1 Å². The molecule has 0 aromatic carbocycles. The van der Waals surface area contributed by atoms with Crippen molar-refractivity contribution < 1.29 is 0 Å². The van der Waals surface area contributed by atoms with Crippen LogP contribution in [-0.4, -0.2) is 37.6 Å². The van der Waals surface area contributed by atoms with Gasteiger partial charge in [-0.15, -0.1) is 0 Å². The topological polar surface area (TPSA) is 15.3 Å². The Bertz CT molecular complexity index is 266. The zero-order valence-corrected chi connectivity index (χ0v) is 16.0. The maximum absolute atomic E-state index is 3.11. The first-order chi connectivity index (χ1) is 11.2. The quantitative estimate of drug-likeness (QED) is 0.705. The van der Waals surface area contributed by atoms with Crippen LogP contribution in [0.5, 0.6) is 0 Å². The maximum atomic E-state index is 3.11. The van der Waals surface area contributed by atoms with Gasteiger partial charge in [0.15, 0.2) is 0 Å². The van der Waals surface area contributed by atoms with Crippen molar-refractivity contribution in [2.45, 2.75) is 91.9 Å². The van der Waals surface area contributed by atoms with Crippen molar-refractivity contribution in [2.24, 2.45) is 17.8 Å². The Kier molecular flexibility index (Phi) is 12.0. The van der Waals surface area contributed by atoms with Crippen molar-refractivity contribution in [1.82, 2.24) is 10.2 Å². The molecular weight excluding hydrogens is 292 g/mol. The molecule has 0 atom stereocenters. The molecular formula is C22H46N2. The van der Waals surface area contributed by atoms with Crippen molar-refractivity contribution in [1.29, 1.82) is 0 Å². The predicted octanol–water partition coefficient (Wildman–Crippen LogP) is 5.72. The Balaban J connectivity index is 0.000000190. The van der Waals surface area contributed by atoms with Crippen molar-refractivity contribution >= 4 is 0 Å². The fourth-order valence-corrected chi connectivity index (χ4v) is 4.21. The van der Waals surface area contributed by atoms with Crippen LogP contribution in [0.1, 0.15) is 91.9 Å². The van der Waals surface area contributed by atoms with Gasteiger partial charge in [0.25, 0.3) is 0 Å². The average molecular weight is 339 g/mol. The number of hydrogen-bond acceptors (Lipinski definition) is 2. The monoisotopic (exact) mass is 338 g/mol. The molecule has 2 aliphatic carbocycles. The van der Waals surface area contributed by atoms with Gasteiger partial charge in [-0.25, -0.2) is 0 Å². The molecule has 0 spiro atoms. The minimum Gasteiger partial charge on any atom is -0.317 e. The highest BCUT2D eigenvalue weighted by molar-refractivity contribution is 4.75. The summed E-state index contributed by atoms with van der Waals surface area (Å²) in [6, 6.07) is 0. The van der Waals surface area contributed by atoms with E-state index in [9.17, 15) is 0 Å². The van der Waals surface area contributed by atoms with Crippen LogP contribution in [0.25, 0.3) is 0 Å². The van der Waals surface area contributed by atoms with Crippen LogP contribution in [0.4, 0.5) is 0 Å². The third-order valence-corrected chi connectivity index (χ3v) is 5.93. The molecule has 2 heteroatoms. The Labute approximate surface area is 153 Å². The third kappa shape index (κ3) is 9.42. The molecule has 0 aromatic rings. The smallest absolute Gasteiger partial charge is 0.000967 e. The molecule has 0 radical (unpaired) electrons. The zero-order valence-electron chi connectivity index (χ0n) is 16.0. The summed E-state index contributed by atoms with van der Waals surface area (Å²) in [7, 11) is 0. The summed E-state index contributed by atoms with van der Waals surface area (Å²) in [6.07, 6.45) is 16.3. The van der Waals surface area contributed by atoms with Crippen LogP contribution in [0.15, 0.2) is 0 Å². The van der Waals surface area contributed by atoms with Crippen LogP contribution < -0.4 is 5.32 Å². The summed E-state index contributed by atoms with van der Waals surface area (Å²) in [5, 5.41) is 3.11. The van der Waals surface area contributed by atoms with Gasteiger partial charge in [-0.1, -0.05) is 59.8 Å². The van der Waals surface area contributed by atoms with E-state index in [1.165, 1.54) is 103 Å². The van der Waals surface area contributed by atoms with Crippen LogP contribution in [0.2, 0.25) is 0 Å². The lowest BCUT2D eigenvalue weighted by molar-refractivity contribution is 0.153. The maximum Gasteiger partial charge on any atom is 0.000967 e. The molecule has 2 aliphatic heterocycles. The molecule has 2 saturated carbocycles. The molecule has 1 N–H and O–H groups in total. The lowest BCUT2D eigenvalue weighted by Crippen LogP contribution is -2.39. The standard InChI is InChI=1S/C9H17N.C9H18.C3H7N.CH4/c1-2-5-9(4-1)8-10-6-3-7-10;1-8(2)7-9-5-3-4-6-9;1-2-4-3-1;/h9H,1-8H2;8-9H,3-7H2,1-2H3;4H,1-3H2;1H4. The second kappa shape index (κ2) is 13.2. The minimum atomic E-state index is 0. The third-order valence-electron chi connectivity index (χ3n) is 5.93. The fourth-order valence-electron chi connectivity index (χ4n) is 4.21. The van der Waals surface area contributed by atoms with Gasteiger partial charge in [0.2, 0.25) is 0 Å². The van der Waals surface area contributed by atoms with E-state index in [0.717, 1.165) is 17.8 Å². The van der Waals surface area contributed by atoms with Gasteiger partial charge in [0.05, 0.1) is 0 Å². The highest BCUT2D eigenvalue weighted by Gasteiger charge is 2.21. The fraction of sp³-hybridized carbons (Fsp3) is 1.00. The first-order valence-electron chi connectivity index (χ1n) is 10.7. The first-order valence-corrected chi connectivity index (χ1v) is 10.7. The summed E-state index contributed by atoms with van der Waals surface area (Å²) in [5.41, 5.74) is 0.